The lowest BCUT2D eigenvalue weighted by Gasteiger charge is -2.44. The molecule has 3 saturated heterocycles. The predicted octanol–water partition coefficient (Wildman–Crippen LogP) is 4.69. The highest BCUT2D eigenvalue weighted by Gasteiger charge is 2.41. The van der Waals surface area contributed by atoms with Gasteiger partial charge in [-0.2, -0.15) is 0 Å². The second kappa shape index (κ2) is 12.8. The van der Waals surface area contributed by atoms with Crippen LogP contribution in [0.2, 0.25) is 0 Å². The Morgan fingerprint density at radius 3 is 2.26 bits per heavy atom. The summed E-state index contributed by atoms with van der Waals surface area (Å²) in [4.78, 5) is 34.7. The number of hydrogen-bond donors (Lipinski definition) is 2. The van der Waals surface area contributed by atoms with Crippen molar-refractivity contribution in [3.05, 3.63) is 95.6 Å². The van der Waals surface area contributed by atoms with Crippen molar-refractivity contribution in [1.29, 1.82) is 0 Å². The van der Waals surface area contributed by atoms with Crippen molar-refractivity contribution < 1.29 is 19.4 Å². The summed E-state index contributed by atoms with van der Waals surface area (Å²) in [5, 5.41) is 18.9. The third kappa shape index (κ3) is 6.00. The molecule has 3 aromatic carbocycles. The van der Waals surface area contributed by atoms with Crippen LogP contribution in [-0.4, -0.2) is 88.5 Å². The van der Waals surface area contributed by atoms with Crippen LogP contribution in [0, 0.1) is 6.92 Å². The largest absolute Gasteiger partial charge is 0.507 e. The van der Waals surface area contributed by atoms with Gasteiger partial charge in [-0.1, -0.05) is 48.5 Å². The molecule has 3 aliphatic heterocycles. The SMILES string of the molecule is Cc1c(C(=O)N2CCN(C(=O)OCc3ccccc3)CC2)cccc1N1C2CCC1CN(c1cc(-c3ccccc3O)nnc1N)C2. The van der Waals surface area contributed by atoms with Crippen LogP contribution in [0.4, 0.5) is 22.0 Å². The molecule has 2 amide bonds. The van der Waals surface area contributed by atoms with Crippen LogP contribution in [0.1, 0.15) is 34.3 Å². The minimum absolute atomic E-state index is 0.0139. The van der Waals surface area contributed by atoms with Crippen LogP contribution in [0.25, 0.3) is 11.3 Å². The maximum atomic E-state index is 13.8. The van der Waals surface area contributed by atoms with E-state index in [-0.39, 0.29) is 36.4 Å². The van der Waals surface area contributed by atoms with Gasteiger partial charge in [-0.05, 0) is 61.2 Å². The van der Waals surface area contributed by atoms with Gasteiger partial charge in [0, 0.05) is 68.2 Å². The highest BCUT2D eigenvalue weighted by Crippen LogP contribution is 2.40. The number of aromatic hydroxyl groups is 1. The van der Waals surface area contributed by atoms with Crippen molar-refractivity contribution in [2.75, 3.05) is 54.8 Å². The zero-order valence-corrected chi connectivity index (χ0v) is 26.5. The van der Waals surface area contributed by atoms with Gasteiger partial charge in [0.15, 0.2) is 5.82 Å². The summed E-state index contributed by atoms with van der Waals surface area (Å²) in [5.41, 5.74) is 12.0. The first-order valence-corrected chi connectivity index (χ1v) is 16.2. The summed E-state index contributed by atoms with van der Waals surface area (Å²) in [5.74, 6) is 0.501. The molecular formula is C36H39N7O4. The molecule has 11 heteroatoms. The fraction of sp³-hybridized carbons (Fsp3) is 0.333. The first-order valence-electron chi connectivity index (χ1n) is 16.2. The second-order valence-electron chi connectivity index (χ2n) is 12.5. The minimum atomic E-state index is -0.354. The number of anilines is 3. The van der Waals surface area contributed by atoms with E-state index < -0.39 is 0 Å². The van der Waals surface area contributed by atoms with E-state index in [0.717, 1.165) is 48.4 Å². The Hall–Kier alpha value is -5.32. The fourth-order valence-electron chi connectivity index (χ4n) is 7.17. The van der Waals surface area contributed by atoms with E-state index in [4.69, 9.17) is 10.5 Å². The Labute approximate surface area is 274 Å². The van der Waals surface area contributed by atoms with Crippen molar-refractivity contribution in [3.8, 4) is 17.0 Å². The Morgan fingerprint density at radius 2 is 1.53 bits per heavy atom. The third-order valence-corrected chi connectivity index (χ3v) is 9.65. The van der Waals surface area contributed by atoms with Gasteiger partial charge < -0.3 is 35.2 Å². The van der Waals surface area contributed by atoms with Crippen molar-refractivity contribution in [2.45, 2.75) is 38.5 Å². The molecule has 242 valence electrons. The lowest BCUT2D eigenvalue weighted by Crippen LogP contribution is -2.54. The number of carbonyl (C=O) groups excluding carboxylic acids is 2. The second-order valence-corrected chi connectivity index (χ2v) is 12.5. The molecule has 47 heavy (non-hydrogen) atoms. The molecule has 7 rings (SSSR count). The fourth-order valence-corrected chi connectivity index (χ4v) is 7.17. The Balaban J connectivity index is 1.02. The molecule has 2 unspecified atom stereocenters. The number of nitrogens with two attached hydrogens (primary N) is 1. The summed E-state index contributed by atoms with van der Waals surface area (Å²) < 4.78 is 5.50. The number of ether oxygens (including phenoxy) is 1. The van der Waals surface area contributed by atoms with Gasteiger partial charge >= 0.3 is 6.09 Å². The van der Waals surface area contributed by atoms with Gasteiger partial charge in [0.2, 0.25) is 0 Å². The molecule has 0 saturated carbocycles. The van der Waals surface area contributed by atoms with Crippen LogP contribution in [0.5, 0.6) is 5.75 Å². The molecule has 3 aliphatic rings. The number of aromatic nitrogens is 2. The molecule has 3 N–H and O–H groups in total. The number of benzene rings is 3. The topological polar surface area (TPSA) is 128 Å². The van der Waals surface area contributed by atoms with Crippen molar-refractivity contribution in [1.82, 2.24) is 20.0 Å². The lowest BCUT2D eigenvalue weighted by molar-refractivity contribution is 0.0543. The zero-order valence-electron chi connectivity index (χ0n) is 26.5. The molecule has 11 nitrogen and oxygen atoms in total. The predicted molar refractivity (Wildman–Crippen MR) is 180 cm³/mol. The minimum Gasteiger partial charge on any atom is -0.507 e. The van der Waals surface area contributed by atoms with Gasteiger partial charge in [-0.25, -0.2) is 4.79 Å². The summed E-state index contributed by atoms with van der Waals surface area (Å²) >= 11 is 0. The maximum absolute atomic E-state index is 13.8. The van der Waals surface area contributed by atoms with Crippen LogP contribution < -0.4 is 15.5 Å². The number of para-hydroxylation sites is 1. The van der Waals surface area contributed by atoms with E-state index in [1.807, 2.05) is 72.5 Å². The number of phenols is 1. The van der Waals surface area contributed by atoms with Gasteiger partial charge in [-0.3, -0.25) is 4.79 Å². The maximum Gasteiger partial charge on any atom is 0.410 e. The first kappa shape index (κ1) is 30.3. The van der Waals surface area contributed by atoms with Crippen LogP contribution in [0.3, 0.4) is 0 Å². The highest BCUT2D eigenvalue weighted by atomic mass is 16.6. The number of hydrogen-bond acceptors (Lipinski definition) is 9. The summed E-state index contributed by atoms with van der Waals surface area (Å²) in [6, 6.07) is 25.1. The standard InChI is InChI=1S/C36H39N7O4/c1-24-28(35(45)40-16-18-41(19-17-40)36(46)47-23-25-8-3-2-4-9-25)11-7-12-31(24)43-26-14-15-27(43)22-42(21-26)32-20-30(38-39-34(32)37)29-10-5-6-13-33(29)44/h2-13,20,26-27,44H,14-19,21-23H2,1H3,(H2,37,39). The van der Waals surface area contributed by atoms with E-state index >= 15 is 0 Å². The van der Waals surface area contributed by atoms with Crippen molar-refractivity contribution >= 4 is 29.2 Å². The van der Waals surface area contributed by atoms with E-state index in [2.05, 4.69) is 26.1 Å². The number of fused-ring (bicyclic) bond motifs is 2. The van der Waals surface area contributed by atoms with Crippen LogP contribution in [-0.2, 0) is 11.3 Å². The Bertz CT molecular complexity index is 1760. The monoisotopic (exact) mass is 633 g/mol. The number of carbonyl (C=O) groups is 2. The molecule has 4 aromatic rings. The number of rotatable bonds is 6. The van der Waals surface area contributed by atoms with Gasteiger partial charge in [0.1, 0.15) is 12.4 Å². The molecule has 0 spiro atoms. The van der Waals surface area contributed by atoms with Crippen molar-refractivity contribution in [3.63, 3.8) is 0 Å². The molecule has 3 fully saturated rings. The zero-order chi connectivity index (χ0) is 32.5. The first-order chi connectivity index (χ1) is 22.9. The highest BCUT2D eigenvalue weighted by molar-refractivity contribution is 5.97. The van der Waals surface area contributed by atoms with E-state index in [1.54, 1.807) is 17.0 Å². The molecule has 2 bridgehead atoms. The quantitative estimate of drug-likeness (QED) is 0.311. The number of nitrogen functional groups attached to an aromatic ring is 1. The Kier molecular flexibility index (Phi) is 8.28. The number of phenolic OH excluding ortho intramolecular Hbond substituents is 1. The number of amides is 2. The van der Waals surface area contributed by atoms with Gasteiger partial charge in [0.05, 0.1) is 11.4 Å². The third-order valence-electron chi connectivity index (χ3n) is 9.65. The van der Waals surface area contributed by atoms with Gasteiger partial charge in [-0.15, -0.1) is 10.2 Å². The van der Waals surface area contributed by atoms with Crippen LogP contribution in [0.15, 0.2) is 78.9 Å². The molecule has 2 atom stereocenters. The number of piperazine rings is 2. The molecule has 1 aromatic heterocycles. The molecule has 4 heterocycles. The number of nitrogens with zero attached hydrogens (tertiary/aromatic N) is 6. The molecule has 0 aliphatic carbocycles. The van der Waals surface area contributed by atoms with E-state index in [0.29, 0.717) is 48.8 Å². The molecule has 0 radical (unpaired) electrons. The average Bonchev–Trinajstić information content (AvgIpc) is 3.36. The Morgan fingerprint density at radius 1 is 0.851 bits per heavy atom. The van der Waals surface area contributed by atoms with E-state index in [1.165, 1.54) is 0 Å². The average molecular weight is 634 g/mol. The normalized spacial score (nSPS) is 19.2. The van der Waals surface area contributed by atoms with Crippen LogP contribution >= 0.6 is 0 Å². The van der Waals surface area contributed by atoms with Gasteiger partial charge in [0.25, 0.3) is 5.91 Å². The summed E-state index contributed by atoms with van der Waals surface area (Å²) in [7, 11) is 0. The van der Waals surface area contributed by atoms with E-state index in [9.17, 15) is 14.7 Å². The summed E-state index contributed by atoms with van der Waals surface area (Å²) in [6.45, 7) is 5.56. The lowest BCUT2D eigenvalue weighted by atomic mass is 10.0. The van der Waals surface area contributed by atoms with Crippen molar-refractivity contribution in [2.24, 2.45) is 0 Å². The molecular weight excluding hydrogens is 594 g/mol. The summed E-state index contributed by atoms with van der Waals surface area (Å²) in [6.07, 6.45) is 1.71. The smallest absolute Gasteiger partial charge is 0.410 e.